The van der Waals surface area contributed by atoms with Crippen molar-refractivity contribution in [3.8, 4) is 0 Å². The zero-order valence-corrected chi connectivity index (χ0v) is 16.9. The van der Waals surface area contributed by atoms with E-state index in [1.165, 1.54) is 11.8 Å². The lowest BCUT2D eigenvalue weighted by Gasteiger charge is -2.09. The van der Waals surface area contributed by atoms with E-state index in [9.17, 15) is 9.59 Å². The fourth-order valence-electron chi connectivity index (χ4n) is 2.29. The topological polar surface area (TPSA) is 58.2 Å². The van der Waals surface area contributed by atoms with Gasteiger partial charge in [-0.25, -0.2) is 0 Å². The molecule has 0 radical (unpaired) electrons. The Morgan fingerprint density at radius 3 is 2.42 bits per heavy atom. The summed E-state index contributed by atoms with van der Waals surface area (Å²) in [5.41, 5.74) is 3.75. The van der Waals surface area contributed by atoms with E-state index >= 15 is 0 Å². The highest BCUT2D eigenvalue weighted by Crippen LogP contribution is 2.20. The fraction of sp³-hybridized carbons (Fsp3) is 0.263. The summed E-state index contributed by atoms with van der Waals surface area (Å²) in [4.78, 5) is 23.9. The minimum atomic E-state index is -0.152. The smallest absolute Gasteiger partial charge is 0.234 e. The van der Waals surface area contributed by atoms with Crippen LogP contribution in [0.15, 0.2) is 36.4 Å². The minimum absolute atomic E-state index is 0.129. The van der Waals surface area contributed by atoms with E-state index in [0.29, 0.717) is 16.6 Å². The summed E-state index contributed by atoms with van der Waals surface area (Å²) in [5.74, 6) is 0.129. The zero-order chi connectivity index (χ0) is 19.1. The first-order chi connectivity index (χ1) is 12.3. The van der Waals surface area contributed by atoms with Crippen molar-refractivity contribution in [3.63, 3.8) is 0 Å². The molecule has 2 N–H and O–H groups in total. The van der Waals surface area contributed by atoms with E-state index in [4.69, 9.17) is 23.2 Å². The second-order valence-electron chi connectivity index (χ2n) is 5.87. The molecule has 2 rings (SSSR count). The van der Waals surface area contributed by atoms with Gasteiger partial charge in [0.1, 0.15) is 0 Å². The summed E-state index contributed by atoms with van der Waals surface area (Å²) in [6.45, 7) is 4.28. The molecule has 0 saturated heterocycles. The molecule has 26 heavy (non-hydrogen) atoms. The van der Waals surface area contributed by atoms with Crippen LogP contribution in [0.1, 0.15) is 16.7 Å². The molecular formula is C19H20Cl2N2O2S. The molecule has 0 aliphatic rings. The number of halogens is 2. The van der Waals surface area contributed by atoms with Crippen LogP contribution in [0.2, 0.25) is 10.0 Å². The van der Waals surface area contributed by atoms with Gasteiger partial charge in [0.25, 0.3) is 0 Å². The van der Waals surface area contributed by atoms with Crippen LogP contribution in [0.25, 0.3) is 0 Å². The van der Waals surface area contributed by atoms with Crippen molar-refractivity contribution in [2.75, 3.05) is 16.8 Å². The number of hydrogen-bond donors (Lipinski definition) is 2. The molecule has 2 amide bonds. The van der Waals surface area contributed by atoms with Crippen LogP contribution in [0.5, 0.6) is 0 Å². The normalized spacial score (nSPS) is 10.5. The number of thioether (sulfide) groups is 1. The Labute approximate surface area is 167 Å². The number of hydrogen-bond acceptors (Lipinski definition) is 3. The van der Waals surface area contributed by atoms with Gasteiger partial charge < -0.3 is 10.6 Å². The highest BCUT2D eigenvalue weighted by molar-refractivity contribution is 8.00. The third-order valence-corrected chi connectivity index (χ3v) is 5.13. The molecule has 0 spiro atoms. The molecular weight excluding hydrogens is 391 g/mol. The largest absolute Gasteiger partial charge is 0.351 e. The van der Waals surface area contributed by atoms with Crippen LogP contribution in [-0.2, 0) is 16.1 Å². The van der Waals surface area contributed by atoms with Crippen molar-refractivity contribution in [1.29, 1.82) is 0 Å². The number of carbonyl (C=O) groups excluding carboxylic acids is 2. The maximum atomic E-state index is 12.0. The van der Waals surface area contributed by atoms with Crippen LogP contribution in [-0.4, -0.2) is 23.3 Å². The highest BCUT2D eigenvalue weighted by Gasteiger charge is 2.08. The van der Waals surface area contributed by atoms with E-state index in [1.807, 2.05) is 32.0 Å². The number of anilines is 1. The first-order valence-electron chi connectivity index (χ1n) is 8.00. The molecule has 0 bridgehead atoms. The number of benzene rings is 2. The predicted octanol–water partition coefficient (Wildman–Crippen LogP) is 4.60. The molecule has 138 valence electrons. The van der Waals surface area contributed by atoms with Crippen LogP contribution in [0.3, 0.4) is 0 Å². The molecule has 0 fully saturated rings. The number of aryl methyl sites for hydroxylation is 2. The first-order valence-corrected chi connectivity index (χ1v) is 9.91. The molecule has 0 aromatic heterocycles. The lowest BCUT2D eigenvalue weighted by molar-refractivity contribution is -0.118. The molecule has 0 aliphatic carbocycles. The molecule has 0 atom stereocenters. The van der Waals surface area contributed by atoms with Gasteiger partial charge >= 0.3 is 0 Å². The Morgan fingerprint density at radius 1 is 1.00 bits per heavy atom. The molecule has 7 heteroatoms. The highest BCUT2D eigenvalue weighted by atomic mass is 35.5. The summed E-state index contributed by atoms with van der Waals surface area (Å²) in [7, 11) is 0. The van der Waals surface area contributed by atoms with Gasteiger partial charge in [0.15, 0.2) is 0 Å². The van der Waals surface area contributed by atoms with Crippen LogP contribution in [0, 0.1) is 13.8 Å². The standard InChI is InChI=1S/C19H20Cl2N2O2S/c1-12-3-6-17(13(2)7-12)23-19(25)11-26-10-18(24)22-9-14-4-5-15(20)8-16(14)21/h3-8H,9-11H2,1-2H3,(H,22,24)(H,23,25). The number of amides is 2. The van der Waals surface area contributed by atoms with E-state index in [0.717, 1.165) is 22.4 Å². The Kier molecular flexibility index (Phi) is 7.82. The molecule has 0 heterocycles. The van der Waals surface area contributed by atoms with Crippen molar-refractivity contribution in [2.45, 2.75) is 20.4 Å². The van der Waals surface area contributed by atoms with Crippen molar-refractivity contribution >= 4 is 52.5 Å². The summed E-state index contributed by atoms with van der Waals surface area (Å²) in [5, 5.41) is 6.70. The average Bonchev–Trinajstić information content (AvgIpc) is 2.56. The second-order valence-corrected chi connectivity index (χ2v) is 7.70. The minimum Gasteiger partial charge on any atom is -0.351 e. The van der Waals surface area contributed by atoms with E-state index in [2.05, 4.69) is 10.6 Å². The first kappa shape index (κ1) is 20.6. The van der Waals surface area contributed by atoms with Gasteiger partial charge in [0.2, 0.25) is 11.8 Å². The molecule has 4 nitrogen and oxygen atoms in total. The molecule has 0 saturated carbocycles. The Hall–Kier alpha value is -1.69. The van der Waals surface area contributed by atoms with Crippen molar-refractivity contribution in [2.24, 2.45) is 0 Å². The number of rotatable bonds is 7. The number of carbonyl (C=O) groups is 2. The van der Waals surface area contributed by atoms with Gasteiger partial charge in [-0.2, -0.15) is 0 Å². The predicted molar refractivity (Wildman–Crippen MR) is 110 cm³/mol. The van der Waals surface area contributed by atoms with Crippen LogP contribution in [0.4, 0.5) is 5.69 Å². The lowest BCUT2D eigenvalue weighted by Crippen LogP contribution is -2.25. The molecule has 2 aromatic rings. The maximum Gasteiger partial charge on any atom is 0.234 e. The van der Waals surface area contributed by atoms with Crippen LogP contribution >= 0.6 is 35.0 Å². The van der Waals surface area contributed by atoms with E-state index in [1.54, 1.807) is 18.2 Å². The zero-order valence-electron chi connectivity index (χ0n) is 14.6. The summed E-state index contributed by atoms with van der Waals surface area (Å²) < 4.78 is 0. The van der Waals surface area contributed by atoms with Gasteiger partial charge in [0.05, 0.1) is 11.5 Å². The SMILES string of the molecule is Cc1ccc(NC(=O)CSCC(=O)NCc2ccc(Cl)cc2Cl)c(C)c1. The fourth-order valence-corrected chi connectivity index (χ4v) is 3.41. The third kappa shape index (κ3) is 6.56. The van der Waals surface area contributed by atoms with E-state index in [-0.39, 0.29) is 23.3 Å². The molecule has 0 unspecified atom stereocenters. The molecule has 0 aliphatic heterocycles. The second kappa shape index (κ2) is 9.86. The van der Waals surface area contributed by atoms with Crippen molar-refractivity contribution in [1.82, 2.24) is 5.32 Å². The molecule has 2 aromatic carbocycles. The van der Waals surface area contributed by atoms with Crippen molar-refractivity contribution in [3.05, 3.63) is 63.1 Å². The van der Waals surface area contributed by atoms with E-state index < -0.39 is 0 Å². The monoisotopic (exact) mass is 410 g/mol. The van der Waals surface area contributed by atoms with Gasteiger partial charge in [-0.3, -0.25) is 9.59 Å². The van der Waals surface area contributed by atoms with Crippen LogP contribution < -0.4 is 10.6 Å². The van der Waals surface area contributed by atoms with Gasteiger partial charge in [-0.15, -0.1) is 11.8 Å². The number of nitrogens with one attached hydrogen (secondary N) is 2. The Bertz CT molecular complexity index is 812. The average molecular weight is 411 g/mol. The maximum absolute atomic E-state index is 12.0. The Morgan fingerprint density at radius 2 is 1.73 bits per heavy atom. The Balaban J connectivity index is 1.71. The lowest BCUT2D eigenvalue weighted by atomic mass is 10.1. The summed E-state index contributed by atoms with van der Waals surface area (Å²) in [6, 6.07) is 11.0. The van der Waals surface area contributed by atoms with Gasteiger partial charge in [-0.05, 0) is 43.2 Å². The van der Waals surface area contributed by atoms with Gasteiger partial charge in [0, 0.05) is 22.3 Å². The summed E-state index contributed by atoms with van der Waals surface area (Å²) in [6.07, 6.45) is 0. The third-order valence-electron chi connectivity index (χ3n) is 3.61. The van der Waals surface area contributed by atoms with Crippen molar-refractivity contribution < 1.29 is 9.59 Å². The van der Waals surface area contributed by atoms with Gasteiger partial charge in [-0.1, -0.05) is 47.0 Å². The quantitative estimate of drug-likeness (QED) is 0.700. The summed E-state index contributed by atoms with van der Waals surface area (Å²) >= 11 is 13.2.